The highest BCUT2D eigenvalue weighted by atomic mass is 16.7. The number of carbonyl (C=O) groups is 4. The first-order valence-corrected chi connectivity index (χ1v) is 11.5. The zero-order valence-corrected chi connectivity index (χ0v) is 19.9. The summed E-state index contributed by atoms with van der Waals surface area (Å²) in [6.07, 6.45) is -1.54. The number of nitrogens with one attached hydrogen (secondary N) is 1. The highest BCUT2D eigenvalue weighted by Gasteiger charge is 2.50. The molecule has 0 aliphatic heterocycles. The lowest BCUT2D eigenvalue weighted by atomic mass is 9.87. The number of hydrogen-bond donors (Lipinski definition) is 2. The Morgan fingerprint density at radius 3 is 2.33 bits per heavy atom. The number of carbonyl (C=O) groups excluding carboxylic acids is 4. The molecule has 9 nitrogen and oxygen atoms in total. The molecule has 0 aliphatic rings. The number of rotatable bonds is 11. The van der Waals surface area contributed by atoms with Gasteiger partial charge in [-0.2, -0.15) is 0 Å². The number of nitrogens with two attached hydrogens (primary N) is 1. The third kappa shape index (κ3) is 6.53. The summed E-state index contributed by atoms with van der Waals surface area (Å²) in [7, 11) is 0. The van der Waals surface area contributed by atoms with Crippen LogP contribution in [0.1, 0.15) is 37.3 Å². The molecule has 0 spiro atoms. The first-order chi connectivity index (χ1) is 17.4. The van der Waals surface area contributed by atoms with Gasteiger partial charge in [0.25, 0.3) is 5.60 Å². The lowest BCUT2D eigenvalue weighted by molar-refractivity contribution is -0.185. The first-order valence-electron chi connectivity index (χ1n) is 11.5. The predicted molar refractivity (Wildman–Crippen MR) is 131 cm³/mol. The number of benzene rings is 3. The van der Waals surface area contributed by atoms with Crippen LogP contribution in [0.2, 0.25) is 0 Å². The highest BCUT2D eigenvalue weighted by Crippen LogP contribution is 2.25. The van der Waals surface area contributed by atoms with Crippen LogP contribution in [0.15, 0.2) is 72.8 Å². The monoisotopic (exact) mass is 492 g/mol. The molecule has 1 atom stereocenters. The maximum Gasteiger partial charge on any atom is 0.441 e. The van der Waals surface area contributed by atoms with Crippen molar-refractivity contribution in [3.63, 3.8) is 0 Å². The molecule has 36 heavy (non-hydrogen) atoms. The molecule has 0 saturated carbocycles. The quantitative estimate of drug-likeness (QED) is 0.306. The van der Waals surface area contributed by atoms with Crippen molar-refractivity contribution in [3.8, 4) is 0 Å². The Labute approximate surface area is 208 Å². The second-order valence-corrected chi connectivity index (χ2v) is 8.13. The Morgan fingerprint density at radius 2 is 1.61 bits per heavy atom. The van der Waals surface area contributed by atoms with Crippen LogP contribution in [-0.2, 0) is 41.8 Å². The Balaban J connectivity index is 1.69. The molecular weight excluding hydrogens is 464 g/mol. The minimum atomic E-state index is -2.41. The van der Waals surface area contributed by atoms with Crippen LogP contribution in [-0.4, -0.2) is 29.2 Å². The molecule has 3 aromatic rings. The predicted octanol–water partition coefficient (Wildman–Crippen LogP) is 3.72. The minimum Gasteiger partial charge on any atom is -0.443 e. The third-order valence-electron chi connectivity index (χ3n) is 5.76. The molecule has 0 saturated heterocycles. The standard InChI is InChI=1S/C27H28N2O7/c1-2-22(30)17-27(36-28,25(32)35-29-26(33)34-18-19-9-4-3-5-10-19)24(31)16-15-21-13-8-12-20-11-6-7-14-23(20)21/h3-14H,2,15-18,28H2,1H3,(H,29,33). The van der Waals surface area contributed by atoms with Crippen LogP contribution < -0.4 is 11.4 Å². The summed E-state index contributed by atoms with van der Waals surface area (Å²) in [5, 5.41) is 1.96. The van der Waals surface area contributed by atoms with Gasteiger partial charge in [0.2, 0.25) is 0 Å². The molecule has 188 valence electrons. The maximum absolute atomic E-state index is 13.3. The van der Waals surface area contributed by atoms with Crippen molar-refractivity contribution < 1.29 is 33.6 Å². The summed E-state index contributed by atoms with van der Waals surface area (Å²) >= 11 is 0. The van der Waals surface area contributed by atoms with Gasteiger partial charge in [0.05, 0.1) is 6.42 Å². The molecule has 1 unspecified atom stereocenters. The van der Waals surface area contributed by atoms with Crippen molar-refractivity contribution in [2.45, 2.75) is 44.8 Å². The second-order valence-electron chi connectivity index (χ2n) is 8.13. The first kappa shape index (κ1) is 26.5. The van der Waals surface area contributed by atoms with Crippen LogP contribution in [0.5, 0.6) is 0 Å². The van der Waals surface area contributed by atoms with Gasteiger partial charge in [0.1, 0.15) is 12.4 Å². The molecule has 0 radical (unpaired) electrons. The normalized spacial score (nSPS) is 12.4. The molecule has 3 N–H and O–H groups in total. The number of ether oxygens (including phenoxy) is 1. The molecule has 0 aliphatic carbocycles. The van der Waals surface area contributed by atoms with E-state index in [0.29, 0.717) is 0 Å². The van der Waals surface area contributed by atoms with E-state index in [2.05, 4.69) is 0 Å². The van der Waals surface area contributed by atoms with Gasteiger partial charge in [-0.3, -0.25) is 14.4 Å². The van der Waals surface area contributed by atoms with Crippen molar-refractivity contribution in [1.82, 2.24) is 5.48 Å². The average Bonchev–Trinajstić information content (AvgIpc) is 2.92. The van der Waals surface area contributed by atoms with Gasteiger partial charge >= 0.3 is 12.1 Å². The minimum absolute atomic E-state index is 0.0432. The van der Waals surface area contributed by atoms with E-state index in [9.17, 15) is 19.2 Å². The van der Waals surface area contributed by atoms with Crippen molar-refractivity contribution >= 4 is 34.4 Å². The fourth-order valence-electron chi connectivity index (χ4n) is 3.73. The average molecular weight is 493 g/mol. The van der Waals surface area contributed by atoms with E-state index < -0.39 is 35.7 Å². The number of Topliss-reactive ketones (excluding diaryl/α,β-unsaturated/α-hetero) is 2. The molecule has 0 heterocycles. The van der Waals surface area contributed by atoms with Gasteiger partial charge in [-0.1, -0.05) is 79.7 Å². The van der Waals surface area contributed by atoms with Crippen LogP contribution in [0.3, 0.4) is 0 Å². The number of ketones is 2. The van der Waals surface area contributed by atoms with Gasteiger partial charge in [0.15, 0.2) is 5.78 Å². The lowest BCUT2D eigenvalue weighted by Gasteiger charge is -2.26. The smallest absolute Gasteiger partial charge is 0.441 e. The fraction of sp³-hybridized carbons (Fsp3) is 0.259. The van der Waals surface area contributed by atoms with Crippen LogP contribution in [0, 0.1) is 0 Å². The van der Waals surface area contributed by atoms with Gasteiger partial charge < -0.3 is 9.57 Å². The SMILES string of the molecule is CCC(=O)CC(ON)(C(=O)CCc1cccc2ccccc12)C(=O)ONC(=O)OCc1ccccc1. The molecule has 9 heteroatoms. The van der Waals surface area contributed by atoms with Gasteiger partial charge in [-0.05, 0) is 28.3 Å². The van der Waals surface area contributed by atoms with E-state index in [1.165, 1.54) is 0 Å². The Bertz CT molecular complexity index is 1220. The lowest BCUT2D eigenvalue weighted by Crippen LogP contribution is -2.55. The maximum atomic E-state index is 13.3. The summed E-state index contributed by atoms with van der Waals surface area (Å²) in [5.74, 6) is 2.89. The summed E-state index contributed by atoms with van der Waals surface area (Å²) in [6.45, 7) is 1.51. The number of hydrogen-bond acceptors (Lipinski definition) is 8. The Kier molecular flexibility index (Phi) is 9.26. The van der Waals surface area contributed by atoms with E-state index in [-0.39, 0.29) is 25.9 Å². The fourth-order valence-corrected chi connectivity index (χ4v) is 3.73. The van der Waals surface area contributed by atoms with E-state index in [4.69, 9.17) is 20.3 Å². The molecule has 3 rings (SSSR count). The van der Waals surface area contributed by atoms with Gasteiger partial charge in [-0.15, -0.1) is 5.48 Å². The third-order valence-corrected chi connectivity index (χ3v) is 5.76. The summed E-state index contributed by atoms with van der Waals surface area (Å²) in [4.78, 5) is 60.0. The van der Waals surface area contributed by atoms with E-state index in [1.54, 1.807) is 31.2 Å². The van der Waals surface area contributed by atoms with Gasteiger partial charge in [0, 0.05) is 12.8 Å². The van der Waals surface area contributed by atoms with Crippen molar-refractivity contribution in [3.05, 3.63) is 83.9 Å². The van der Waals surface area contributed by atoms with Crippen molar-refractivity contribution in [2.24, 2.45) is 5.90 Å². The molecule has 0 bridgehead atoms. The number of amides is 1. The van der Waals surface area contributed by atoms with E-state index >= 15 is 0 Å². The van der Waals surface area contributed by atoms with Crippen molar-refractivity contribution in [1.29, 1.82) is 0 Å². The largest absolute Gasteiger partial charge is 0.443 e. The van der Waals surface area contributed by atoms with Gasteiger partial charge in [-0.25, -0.2) is 15.5 Å². The number of aryl methyl sites for hydroxylation is 1. The zero-order chi connectivity index (χ0) is 26.0. The Morgan fingerprint density at radius 1 is 0.917 bits per heavy atom. The van der Waals surface area contributed by atoms with Crippen molar-refractivity contribution in [2.75, 3.05) is 0 Å². The Hall–Kier alpha value is -4.08. The van der Waals surface area contributed by atoms with Crippen LogP contribution in [0.4, 0.5) is 4.79 Å². The molecule has 0 fully saturated rings. The van der Waals surface area contributed by atoms with E-state index in [1.807, 2.05) is 54.0 Å². The molecule has 3 aromatic carbocycles. The summed E-state index contributed by atoms with van der Waals surface area (Å²) < 4.78 is 4.98. The van der Waals surface area contributed by atoms with Crippen LogP contribution >= 0.6 is 0 Å². The second kappa shape index (κ2) is 12.6. The van der Waals surface area contributed by atoms with E-state index in [0.717, 1.165) is 21.9 Å². The number of fused-ring (bicyclic) bond motifs is 1. The summed E-state index contributed by atoms with van der Waals surface area (Å²) in [6, 6.07) is 22.2. The highest BCUT2D eigenvalue weighted by molar-refractivity contribution is 6.10. The van der Waals surface area contributed by atoms with Crippen LogP contribution in [0.25, 0.3) is 10.8 Å². The molecule has 1 amide bonds. The zero-order valence-electron chi connectivity index (χ0n) is 19.9. The molecule has 0 aromatic heterocycles. The summed E-state index contributed by atoms with van der Waals surface area (Å²) in [5.41, 5.74) is 1.01. The number of hydroxylamine groups is 1. The topological polar surface area (TPSA) is 134 Å². The molecular formula is C27H28N2O7.